The molecular formula is C16H16IN. The molecule has 0 heterocycles. The summed E-state index contributed by atoms with van der Waals surface area (Å²) < 4.78 is 1.29. The SMILES string of the molecule is Ic1ccc(CNc2ccc3c(c2)CCC3)cc1. The smallest absolute Gasteiger partial charge is 0.0400 e. The lowest BCUT2D eigenvalue weighted by atomic mass is 10.1. The van der Waals surface area contributed by atoms with Crippen molar-refractivity contribution < 1.29 is 0 Å². The van der Waals surface area contributed by atoms with Gasteiger partial charge in [0.05, 0.1) is 0 Å². The minimum atomic E-state index is 0.899. The van der Waals surface area contributed by atoms with Crippen LogP contribution in [-0.2, 0) is 19.4 Å². The van der Waals surface area contributed by atoms with Crippen LogP contribution in [0, 0.1) is 3.57 Å². The van der Waals surface area contributed by atoms with Crippen molar-refractivity contribution in [2.45, 2.75) is 25.8 Å². The maximum atomic E-state index is 3.51. The van der Waals surface area contributed by atoms with E-state index in [0.29, 0.717) is 0 Å². The molecule has 0 aromatic heterocycles. The van der Waals surface area contributed by atoms with Crippen LogP contribution in [0.4, 0.5) is 5.69 Å². The first-order valence-electron chi connectivity index (χ1n) is 6.41. The number of nitrogens with one attached hydrogen (secondary N) is 1. The highest BCUT2D eigenvalue weighted by Gasteiger charge is 2.10. The summed E-state index contributed by atoms with van der Waals surface area (Å²) in [5.41, 5.74) is 5.64. The van der Waals surface area contributed by atoms with Crippen molar-refractivity contribution >= 4 is 28.3 Å². The molecule has 0 unspecified atom stereocenters. The van der Waals surface area contributed by atoms with E-state index in [0.717, 1.165) is 6.54 Å². The molecule has 3 rings (SSSR count). The number of aryl methyl sites for hydroxylation is 2. The first-order valence-corrected chi connectivity index (χ1v) is 7.49. The van der Waals surface area contributed by atoms with E-state index >= 15 is 0 Å². The minimum Gasteiger partial charge on any atom is -0.381 e. The van der Waals surface area contributed by atoms with E-state index < -0.39 is 0 Å². The Morgan fingerprint density at radius 1 is 0.944 bits per heavy atom. The molecule has 2 heteroatoms. The molecule has 0 fully saturated rings. The zero-order valence-corrected chi connectivity index (χ0v) is 12.4. The van der Waals surface area contributed by atoms with Gasteiger partial charge in [0.2, 0.25) is 0 Å². The zero-order valence-electron chi connectivity index (χ0n) is 10.2. The lowest BCUT2D eigenvalue weighted by Crippen LogP contribution is -2.00. The van der Waals surface area contributed by atoms with Crippen LogP contribution in [0.1, 0.15) is 23.1 Å². The van der Waals surface area contributed by atoms with Crippen LogP contribution in [0.2, 0.25) is 0 Å². The van der Waals surface area contributed by atoms with Crippen LogP contribution in [0.5, 0.6) is 0 Å². The standard InChI is InChI=1S/C16H16IN/c17-15-7-4-12(5-8-15)11-18-16-9-6-13-2-1-3-14(13)10-16/h4-10,18H,1-3,11H2. The molecule has 0 bridgehead atoms. The molecule has 2 aromatic rings. The molecule has 0 saturated heterocycles. The summed E-state index contributed by atoms with van der Waals surface area (Å²) >= 11 is 2.34. The van der Waals surface area contributed by atoms with Crippen LogP contribution in [-0.4, -0.2) is 0 Å². The largest absolute Gasteiger partial charge is 0.381 e. The summed E-state index contributed by atoms with van der Waals surface area (Å²) in [5, 5.41) is 3.51. The van der Waals surface area contributed by atoms with Crippen LogP contribution >= 0.6 is 22.6 Å². The third-order valence-corrected chi connectivity index (χ3v) is 4.23. The molecule has 1 nitrogen and oxygen atoms in total. The van der Waals surface area contributed by atoms with Gasteiger partial charge in [-0.2, -0.15) is 0 Å². The second-order valence-electron chi connectivity index (χ2n) is 4.82. The molecule has 0 spiro atoms. The molecule has 18 heavy (non-hydrogen) atoms. The highest BCUT2D eigenvalue weighted by Crippen LogP contribution is 2.25. The fraction of sp³-hybridized carbons (Fsp3) is 0.250. The average molecular weight is 349 g/mol. The van der Waals surface area contributed by atoms with E-state index in [4.69, 9.17) is 0 Å². The Labute approximate surface area is 122 Å². The molecule has 0 radical (unpaired) electrons. The second-order valence-corrected chi connectivity index (χ2v) is 6.06. The number of anilines is 1. The number of benzene rings is 2. The van der Waals surface area contributed by atoms with Crippen molar-refractivity contribution in [2.24, 2.45) is 0 Å². The lowest BCUT2D eigenvalue weighted by Gasteiger charge is -2.08. The van der Waals surface area contributed by atoms with Crippen molar-refractivity contribution in [2.75, 3.05) is 5.32 Å². The minimum absolute atomic E-state index is 0.899. The fourth-order valence-corrected chi connectivity index (χ4v) is 2.85. The van der Waals surface area contributed by atoms with Gasteiger partial charge in [-0.15, -0.1) is 0 Å². The van der Waals surface area contributed by atoms with E-state index in [9.17, 15) is 0 Å². The zero-order chi connectivity index (χ0) is 12.4. The average Bonchev–Trinajstić information content (AvgIpc) is 2.85. The predicted molar refractivity (Wildman–Crippen MR) is 85.0 cm³/mol. The second kappa shape index (κ2) is 5.31. The summed E-state index contributed by atoms with van der Waals surface area (Å²) in [6, 6.07) is 15.5. The van der Waals surface area contributed by atoms with Gasteiger partial charge >= 0.3 is 0 Å². The Hall–Kier alpha value is -1.03. The number of hydrogen-bond acceptors (Lipinski definition) is 1. The van der Waals surface area contributed by atoms with Gasteiger partial charge in [-0.25, -0.2) is 0 Å². The Bertz CT molecular complexity index is 546. The van der Waals surface area contributed by atoms with Gasteiger partial charge in [0, 0.05) is 15.8 Å². The van der Waals surface area contributed by atoms with Gasteiger partial charge in [-0.1, -0.05) is 18.2 Å². The highest BCUT2D eigenvalue weighted by atomic mass is 127. The van der Waals surface area contributed by atoms with Crippen molar-refractivity contribution in [3.05, 3.63) is 62.7 Å². The summed E-state index contributed by atoms with van der Waals surface area (Å²) in [5.74, 6) is 0. The van der Waals surface area contributed by atoms with E-state index in [1.165, 1.54) is 45.2 Å². The third kappa shape index (κ3) is 2.69. The predicted octanol–water partition coefficient (Wildman–Crippen LogP) is 4.39. The molecule has 0 aliphatic heterocycles. The van der Waals surface area contributed by atoms with Crippen molar-refractivity contribution in [1.82, 2.24) is 0 Å². The van der Waals surface area contributed by atoms with Gasteiger partial charge in [0.1, 0.15) is 0 Å². The van der Waals surface area contributed by atoms with Gasteiger partial charge in [-0.3, -0.25) is 0 Å². The first-order chi connectivity index (χ1) is 8.81. The quantitative estimate of drug-likeness (QED) is 0.811. The number of fused-ring (bicyclic) bond motifs is 1. The Balaban J connectivity index is 1.68. The van der Waals surface area contributed by atoms with E-state index in [-0.39, 0.29) is 0 Å². The Kier molecular flexibility index (Phi) is 3.55. The van der Waals surface area contributed by atoms with Gasteiger partial charge in [0.25, 0.3) is 0 Å². The van der Waals surface area contributed by atoms with Gasteiger partial charge in [0.15, 0.2) is 0 Å². The topological polar surface area (TPSA) is 12.0 Å². The monoisotopic (exact) mass is 349 g/mol. The number of rotatable bonds is 3. The fourth-order valence-electron chi connectivity index (χ4n) is 2.49. The Morgan fingerprint density at radius 3 is 2.56 bits per heavy atom. The molecule has 0 amide bonds. The van der Waals surface area contributed by atoms with Crippen LogP contribution < -0.4 is 5.32 Å². The van der Waals surface area contributed by atoms with Crippen LogP contribution in [0.25, 0.3) is 0 Å². The van der Waals surface area contributed by atoms with Crippen LogP contribution in [0.3, 0.4) is 0 Å². The van der Waals surface area contributed by atoms with E-state index in [1.807, 2.05) is 0 Å². The third-order valence-electron chi connectivity index (χ3n) is 3.51. The summed E-state index contributed by atoms with van der Waals surface area (Å²) in [6.45, 7) is 0.899. The van der Waals surface area contributed by atoms with Gasteiger partial charge < -0.3 is 5.32 Å². The molecule has 92 valence electrons. The molecule has 2 aromatic carbocycles. The Morgan fingerprint density at radius 2 is 1.72 bits per heavy atom. The highest BCUT2D eigenvalue weighted by molar-refractivity contribution is 14.1. The molecule has 1 N–H and O–H groups in total. The molecule has 1 aliphatic rings. The summed E-state index contributed by atoms with van der Waals surface area (Å²) in [4.78, 5) is 0. The van der Waals surface area contributed by atoms with E-state index in [1.54, 1.807) is 0 Å². The summed E-state index contributed by atoms with van der Waals surface area (Å²) in [7, 11) is 0. The van der Waals surface area contributed by atoms with Crippen molar-refractivity contribution in [1.29, 1.82) is 0 Å². The normalized spacial score (nSPS) is 13.4. The van der Waals surface area contributed by atoms with Gasteiger partial charge in [-0.05, 0) is 82.8 Å². The first kappa shape index (κ1) is 12.0. The number of hydrogen-bond donors (Lipinski definition) is 1. The molecular weight excluding hydrogens is 333 g/mol. The van der Waals surface area contributed by atoms with Crippen LogP contribution in [0.15, 0.2) is 42.5 Å². The molecule has 0 saturated carbocycles. The van der Waals surface area contributed by atoms with E-state index in [2.05, 4.69) is 70.4 Å². The summed E-state index contributed by atoms with van der Waals surface area (Å²) in [6.07, 6.45) is 3.82. The molecule has 1 aliphatic carbocycles. The maximum Gasteiger partial charge on any atom is 0.0400 e. The lowest BCUT2D eigenvalue weighted by molar-refractivity contribution is 0.912. The van der Waals surface area contributed by atoms with Crippen molar-refractivity contribution in [3.63, 3.8) is 0 Å². The number of halogens is 1. The molecule has 0 atom stereocenters. The van der Waals surface area contributed by atoms with Crippen molar-refractivity contribution in [3.8, 4) is 0 Å². The maximum absolute atomic E-state index is 3.51.